The van der Waals surface area contributed by atoms with Gasteiger partial charge in [-0.3, -0.25) is 4.98 Å². The van der Waals surface area contributed by atoms with Crippen molar-refractivity contribution >= 4 is 13.4 Å². The first-order valence-electron chi connectivity index (χ1n) is 15.6. The van der Waals surface area contributed by atoms with Gasteiger partial charge < -0.3 is 0 Å². The number of hydrogen-bond acceptors (Lipinski definition) is 4. The molecule has 0 fully saturated rings. The van der Waals surface area contributed by atoms with Crippen LogP contribution in [0.4, 0.5) is 0 Å². The maximum absolute atomic E-state index is 4.93. The molecular weight excluding hydrogens is 577 g/mol. The molecule has 0 bridgehead atoms. The van der Waals surface area contributed by atoms with Gasteiger partial charge in [0.25, 0.3) is 0 Å². The van der Waals surface area contributed by atoms with E-state index in [1.807, 2.05) is 66.9 Å². The van der Waals surface area contributed by atoms with Gasteiger partial charge in [0.2, 0.25) is 0 Å². The van der Waals surface area contributed by atoms with Crippen LogP contribution in [0.15, 0.2) is 152 Å². The fourth-order valence-electron chi connectivity index (χ4n) is 5.54. The molecule has 0 N–H and O–H groups in total. The maximum Gasteiger partial charge on any atom is 0.164 e. The van der Waals surface area contributed by atoms with E-state index in [0.717, 1.165) is 44.5 Å². The van der Waals surface area contributed by atoms with Crippen LogP contribution in [0.5, 0.6) is 0 Å². The molecule has 5 aromatic carbocycles. The average Bonchev–Trinajstić information content (AvgIpc) is 3.12. The first-order valence-corrected chi connectivity index (χ1v) is 19.1. The van der Waals surface area contributed by atoms with Gasteiger partial charge in [0.05, 0.1) is 0 Å². The SMILES string of the molecule is C[Si](C)(C)c1ccc(-c2cccc(-c3cccc(-c4cccc(-c5nc(-c6ccccc6)nc(-c6ccccc6)n5)c4)c3)c2)cn1. The second-order valence-electron chi connectivity index (χ2n) is 12.5. The minimum absolute atomic E-state index is 0.646. The van der Waals surface area contributed by atoms with E-state index in [4.69, 9.17) is 19.9 Å². The summed E-state index contributed by atoms with van der Waals surface area (Å²) < 4.78 is 0. The smallest absolute Gasteiger partial charge is 0.164 e. The van der Waals surface area contributed by atoms with Crippen molar-refractivity contribution in [1.29, 1.82) is 0 Å². The summed E-state index contributed by atoms with van der Waals surface area (Å²) in [6.07, 6.45) is 2.02. The molecule has 7 rings (SSSR count). The molecule has 222 valence electrons. The van der Waals surface area contributed by atoms with Crippen LogP contribution in [0.2, 0.25) is 19.6 Å². The molecule has 0 spiro atoms. The summed E-state index contributed by atoms with van der Waals surface area (Å²) in [4.78, 5) is 19.5. The minimum Gasteiger partial charge on any atom is -0.265 e. The predicted octanol–water partition coefficient (Wildman–Crippen LogP) is 9.81. The third kappa shape index (κ3) is 6.32. The van der Waals surface area contributed by atoms with Crippen LogP contribution >= 0.6 is 0 Å². The molecule has 46 heavy (non-hydrogen) atoms. The Morgan fingerprint density at radius 3 is 1.13 bits per heavy atom. The van der Waals surface area contributed by atoms with Gasteiger partial charge in [0, 0.05) is 28.2 Å². The van der Waals surface area contributed by atoms with Crippen LogP contribution < -0.4 is 5.32 Å². The van der Waals surface area contributed by atoms with Crippen LogP contribution in [-0.4, -0.2) is 28.0 Å². The molecule has 0 aliphatic heterocycles. The van der Waals surface area contributed by atoms with Gasteiger partial charge in [0.1, 0.15) is 8.07 Å². The molecule has 0 aliphatic rings. The molecule has 0 atom stereocenters. The number of pyridine rings is 1. The summed E-state index contributed by atoms with van der Waals surface area (Å²) in [5.41, 5.74) is 9.71. The number of aromatic nitrogens is 4. The lowest BCUT2D eigenvalue weighted by atomic mass is 9.96. The Morgan fingerprint density at radius 1 is 0.348 bits per heavy atom. The third-order valence-electron chi connectivity index (χ3n) is 8.08. The standard InChI is InChI=1S/C41H34N4Si/c1-46(2,3)38-24-23-37(28-42-38)35-21-11-19-33(26-35)31-17-10-18-32(25-31)34-20-12-22-36(27-34)41-44-39(29-13-6-4-7-14-29)43-40(45-41)30-15-8-5-9-16-30/h4-28H,1-3H3. The molecule has 0 radical (unpaired) electrons. The van der Waals surface area contributed by atoms with Crippen molar-refractivity contribution in [1.82, 2.24) is 19.9 Å². The highest BCUT2D eigenvalue weighted by Gasteiger charge is 2.18. The second-order valence-corrected chi connectivity index (χ2v) is 17.5. The van der Waals surface area contributed by atoms with Crippen molar-refractivity contribution in [2.75, 3.05) is 0 Å². The highest BCUT2D eigenvalue weighted by atomic mass is 28.3. The molecule has 2 aromatic heterocycles. The molecule has 0 amide bonds. The Bertz CT molecular complexity index is 2060. The van der Waals surface area contributed by atoms with E-state index >= 15 is 0 Å². The maximum atomic E-state index is 4.93. The number of hydrogen-bond donors (Lipinski definition) is 0. The number of rotatable bonds is 7. The van der Waals surface area contributed by atoms with Crippen LogP contribution in [0.25, 0.3) is 67.5 Å². The molecule has 0 saturated heterocycles. The lowest BCUT2D eigenvalue weighted by molar-refractivity contribution is 1.07. The van der Waals surface area contributed by atoms with Gasteiger partial charge in [-0.25, -0.2) is 15.0 Å². The van der Waals surface area contributed by atoms with Gasteiger partial charge >= 0.3 is 0 Å². The van der Waals surface area contributed by atoms with E-state index in [9.17, 15) is 0 Å². The molecule has 4 nitrogen and oxygen atoms in total. The summed E-state index contributed by atoms with van der Waals surface area (Å²) in [6.45, 7) is 6.98. The van der Waals surface area contributed by atoms with Crippen molar-refractivity contribution in [3.8, 4) is 67.5 Å². The molecule has 0 unspecified atom stereocenters. The zero-order valence-electron chi connectivity index (χ0n) is 26.2. The number of nitrogens with zero attached hydrogens (tertiary/aromatic N) is 4. The zero-order valence-corrected chi connectivity index (χ0v) is 27.2. The van der Waals surface area contributed by atoms with E-state index < -0.39 is 8.07 Å². The van der Waals surface area contributed by atoms with Gasteiger partial charge in [-0.1, -0.05) is 141 Å². The molecule has 5 heteroatoms. The first kappa shape index (κ1) is 29.2. The summed E-state index contributed by atoms with van der Waals surface area (Å²) in [6, 6.07) is 50.4. The van der Waals surface area contributed by atoms with Crippen molar-refractivity contribution in [3.05, 3.63) is 152 Å². The van der Waals surface area contributed by atoms with Gasteiger partial charge in [-0.05, 0) is 57.6 Å². The van der Waals surface area contributed by atoms with Crippen LogP contribution in [0.3, 0.4) is 0 Å². The normalized spacial score (nSPS) is 11.4. The van der Waals surface area contributed by atoms with E-state index in [1.54, 1.807) is 0 Å². The molecular formula is C41H34N4Si. The second kappa shape index (κ2) is 12.5. The van der Waals surface area contributed by atoms with Crippen molar-refractivity contribution in [3.63, 3.8) is 0 Å². The zero-order chi connectivity index (χ0) is 31.5. The fourth-order valence-corrected chi connectivity index (χ4v) is 6.58. The van der Waals surface area contributed by atoms with Gasteiger partial charge in [0.15, 0.2) is 17.5 Å². The lowest BCUT2D eigenvalue weighted by Crippen LogP contribution is -2.39. The van der Waals surface area contributed by atoms with E-state index in [1.165, 1.54) is 10.9 Å². The highest BCUT2D eigenvalue weighted by molar-refractivity contribution is 6.88. The summed E-state index contributed by atoms with van der Waals surface area (Å²) in [5.74, 6) is 1.95. The van der Waals surface area contributed by atoms with Gasteiger partial charge in [-0.15, -0.1) is 0 Å². The van der Waals surface area contributed by atoms with Crippen LogP contribution in [0.1, 0.15) is 0 Å². The molecule has 7 aromatic rings. The van der Waals surface area contributed by atoms with Crippen molar-refractivity contribution < 1.29 is 0 Å². The van der Waals surface area contributed by atoms with E-state index in [2.05, 4.69) is 105 Å². The first-order chi connectivity index (χ1) is 22.4. The summed E-state index contributed by atoms with van der Waals surface area (Å²) >= 11 is 0. The lowest BCUT2D eigenvalue weighted by Gasteiger charge is -2.15. The highest BCUT2D eigenvalue weighted by Crippen LogP contribution is 2.32. The van der Waals surface area contributed by atoms with E-state index in [-0.39, 0.29) is 0 Å². The molecule has 0 saturated carbocycles. The summed E-state index contributed by atoms with van der Waals surface area (Å²) in [5, 5.41) is 1.23. The van der Waals surface area contributed by atoms with Crippen molar-refractivity contribution in [2.24, 2.45) is 0 Å². The molecule has 2 heterocycles. The largest absolute Gasteiger partial charge is 0.265 e. The Morgan fingerprint density at radius 2 is 0.717 bits per heavy atom. The van der Waals surface area contributed by atoms with Gasteiger partial charge in [-0.2, -0.15) is 0 Å². The third-order valence-corrected chi connectivity index (χ3v) is 9.91. The predicted molar refractivity (Wildman–Crippen MR) is 193 cm³/mol. The molecule has 0 aliphatic carbocycles. The van der Waals surface area contributed by atoms with Crippen LogP contribution in [0, 0.1) is 0 Å². The minimum atomic E-state index is -1.44. The monoisotopic (exact) mass is 610 g/mol. The average molecular weight is 611 g/mol. The summed E-state index contributed by atoms with van der Waals surface area (Å²) in [7, 11) is -1.44. The van der Waals surface area contributed by atoms with Crippen LogP contribution in [-0.2, 0) is 0 Å². The Kier molecular flexibility index (Phi) is 7.91. The number of benzene rings is 5. The Balaban J connectivity index is 1.23. The quantitative estimate of drug-likeness (QED) is 0.169. The van der Waals surface area contributed by atoms with E-state index in [0.29, 0.717) is 17.5 Å². The Hall–Kier alpha value is -5.52. The fraction of sp³-hybridized carbons (Fsp3) is 0.0732. The Labute approximate surface area is 271 Å². The van der Waals surface area contributed by atoms with Crippen molar-refractivity contribution in [2.45, 2.75) is 19.6 Å². The topological polar surface area (TPSA) is 51.6 Å².